The van der Waals surface area contributed by atoms with Gasteiger partial charge in [0.1, 0.15) is 0 Å². The fourth-order valence-electron chi connectivity index (χ4n) is 2.46. The molecule has 1 unspecified atom stereocenters. The van der Waals surface area contributed by atoms with Gasteiger partial charge < -0.3 is 5.32 Å². The van der Waals surface area contributed by atoms with Crippen molar-refractivity contribution in [1.29, 1.82) is 0 Å². The molecular formula is C14H19F3N2. The molecule has 0 amide bonds. The number of hydrogen-bond donors (Lipinski definition) is 1. The fraction of sp³-hybridized carbons (Fsp3) is 0.571. The van der Waals surface area contributed by atoms with Gasteiger partial charge >= 0.3 is 6.18 Å². The number of alkyl halides is 3. The Hall–Kier alpha value is -1.07. The number of hydrogen-bond acceptors (Lipinski definition) is 2. The molecule has 1 aromatic rings. The molecule has 1 aromatic carbocycles. The Kier molecular flexibility index (Phi) is 4.82. The zero-order valence-electron chi connectivity index (χ0n) is 10.8. The van der Waals surface area contributed by atoms with Gasteiger partial charge in [0.25, 0.3) is 0 Å². The van der Waals surface area contributed by atoms with Gasteiger partial charge in [-0.25, -0.2) is 0 Å². The van der Waals surface area contributed by atoms with E-state index in [-0.39, 0.29) is 12.6 Å². The molecule has 19 heavy (non-hydrogen) atoms. The van der Waals surface area contributed by atoms with Crippen molar-refractivity contribution in [2.24, 2.45) is 0 Å². The molecule has 0 spiro atoms. The topological polar surface area (TPSA) is 15.3 Å². The first-order chi connectivity index (χ1) is 9.04. The Labute approximate surface area is 111 Å². The van der Waals surface area contributed by atoms with Gasteiger partial charge in [0.05, 0.1) is 6.42 Å². The van der Waals surface area contributed by atoms with E-state index in [1.165, 1.54) is 5.56 Å². The summed E-state index contributed by atoms with van der Waals surface area (Å²) in [4.78, 5) is 1.96. The summed E-state index contributed by atoms with van der Waals surface area (Å²) in [6.45, 7) is 2.31. The monoisotopic (exact) mass is 272 g/mol. The summed E-state index contributed by atoms with van der Waals surface area (Å²) in [5.41, 5.74) is 1.17. The molecule has 106 valence electrons. The van der Waals surface area contributed by atoms with Gasteiger partial charge in [-0.1, -0.05) is 30.3 Å². The van der Waals surface area contributed by atoms with Crippen LogP contribution in [0.4, 0.5) is 13.2 Å². The number of benzene rings is 1. The van der Waals surface area contributed by atoms with Crippen LogP contribution in [0.15, 0.2) is 30.3 Å². The molecule has 1 saturated heterocycles. The Morgan fingerprint density at radius 2 is 1.95 bits per heavy atom. The van der Waals surface area contributed by atoms with E-state index in [9.17, 15) is 13.2 Å². The van der Waals surface area contributed by atoms with Gasteiger partial charge in [-0.15, -0.1) is 0 Å². The van der Waals surface area contributed by atoms with E-state index in [0.29, 0.717) is 6.54 Å². The quantitative estimate of drug-likeness (QED) is 0.905. The molecule has 1 aliphatic heterocycles. The van der Waals surface area contributed by atoms with Crippen LogP contribution in [0.25, 0.3) is 0 Å². The minimum Gasteiger partial charge on any atom is -0.314 e. The van der Waals surface area contributed by atoms with Crippen molar-refractivity contribution < 1.29 is 13.2 Å². The maximum atomic E-state index is 12.3. The molecule has 0 aliphatic carbocycles. The molecule has 1 fully saturated rings. The molecule has 5 heteroatoms. The Morgan fingerprint density at radius 3 is 2.63 bits per heavy atom. The summed E-state index contributed by atoms with van der Waals surface area (Å²) in [7, 11) is 0. The van der Waals surface area contributed by atoms with E-state index in [1.807, 2.05) is 35.2 Å². The minimum absolute atomic E-state index is 0.0999. The van der Waals surface area contributed by atoms with Crippen molar-refractivity contribution in [3.63, 3.8) is 0 Å². The molecule has 1 N–H and O–H groups in total. The van der Waals surface area contributed by atoms with Crippen LogP contribution in [0.5, 0.6) is 0 Å². The Morgan fingerprint density at radius 1 is 1.21 bits per heavy atom. The van der Waals surface area contributed by atoms with Crippen LogP contribution in [-0.4, -0.2) is 43.3 Å². The van der Waals surface area contributed by atoms with Gasteiger partial charge in [-0.05, 0) is 12.0 Å². The molecular weight excluding hydrogens is 253 g/mol. The first-order valence-electron chi connectivity index (χ1n) is 6.60. The second kappa shape index (κ2) is 6.39. The second-order valence-electron chi connectivity index (χ2n) is 4.95. The lowest BCUT2D eigenvalue weighted by Crippen LogP contribution is -2.52. The SMILES string of the molecule is FC(F)(F)CCN1CCNCC1Cc1ccccc1. The van der Waals surface area contributed by atoms with Gasteiger partial charge in [-0.3, -0.25) is 4.90 Å². The van der Waals surface area contributed by atoms with E-state index in [0.717, 1.165) is 19.5 Å². The molecule has 1 atom stereocenters. The van der Waals surface area contributed by atoms with Crippen LogP contribution < -0.4 is 5.32 Å². The van der Waals surface area contributed by atoms with Crippen LogP contribution in [-0.2, 0) is 6.42 Å². The van der Waals surface area contributed by atoms with Gasteiger partial charge in [0.2, 0.25) is 0 Å². The highest BCUT2D eigenvalue weighted by molar-refractivity contribution is 5.16. The zero-order valence-corrected chi connectivity index (χ0v) is 10.8. The molecule has 2 nitrogen and oxygen atoms in total. The number of nitrogens with one attached hydrogen (secondary N) is 1. The first-order valence-corrected chi connectivity index (χ1v) is 6.60. The van der Waals surface area contributed by atoms with E-state index in [2.05, 4.69) is 5.32 Å². The minimum atomic E-state index is -4.07. The van der Waals surface area contributed by atoms with E-state index < -0.39 is 12.6 Å². The largest absolute Gasteiger partial charge is 0.390 e. The molecule has 0 bridgehead atoms. The third-order valence-corrected chi connectivity index (χ3v) is 3.47. The number of rotatable bonds is 4. The average molecular weight is 272 g/mol. The molecule has 0 radical (unpaired) electrons. The lowest BCUT2D eigenvalue weighted by Gasteiger charge is -2.36. The number of nitrogens with zero attached hydrogens (tertiary/aromatic N) is 1. The van der Waals surface area contributed by atoms with Crippen LogP contribution in [0, 0.1) is 0 Å². The molecule has 2 rings (SSSR count). The second-order valence-corrected chi connectivity index (χ2v) is 4.95. The molecule has 0 aromatic heterocycles. The first kappa shape index (κ1) is 14.3. The molecule has 1 heterocycles. The zero-order chi connectivity index (χ0) is 13.7. The average Bonchev–Trinajstić information content (AvgIpc) is 2.38. The third-order valence-electron chi connectivity index (χ3n) is 3.47. The summed E-state index contributed by atoms with van der Waals surface area (Å²) in [6.07, 6.45) is -3.99. The van der Waals surface area contributed by atoms with Crippen molar-refractivity contribution in [3.8, 4) is 0 Å². The Balaban J connectivity index is 1.92. The normalized spacial score (nSPS) is 21.5. The summed E-state index contributed by atoms with van der Waals surface area (Å²) in [5.74, 6) is 0. The smallest absolute Gasteiger partial charge is 0.314 e. The van der Waals surface area contributed by atoms with Crippen molar-refractivity contribution in [3.05, 3.63) is 35.9 Å². The third kappa shape index (κ3) is 4.84. The van der Waals surface area contributed by atoms with Crippen molar-refractivity contribution >= 4 is 0 Å². The van der Waals surface area contributed by atoms with E-state index >= 15 is 0 Å². The summed E-state index contributed by atoms with van der Waals surface area (Å²) in [6, 6.07) is 10.1. The number of halogens is 3. The van der Waals surface area contributed by atoms with Crippen LogP contribution in [0.3, 0.4) is 0 Å². The lowest BCUT2D eigenvalue weighted by molar-refractivity contribution is -0.139. The molecule has 0 saturated carbocycles. The van der Waals surface area contributed by atoms with Crippen molar-refractivity contribution in [2.45, 2.75) is 25.1 Å². The predicted molar refractivity (Wildman–Crippen MR) is 69.0 cm³/mol. The van der Waals surface area contributed by atoms with Gasteiger partial charge in [0.15, 0.2) is 0 Å². The fourth-order valence-corrected chi connectivity index (χ4v) is 2.46. The maximum absolute atomic E-state index is 12.3. The van der Waals surface area contributed by atoms with Crippen LogP contribution in [0.2, 0.25) is 0 Å². The van der Waals surface area contributed by atoms with Crippen molar-refractivity contribution in [2.75, 3.05) is 26.2 Å². The van der Waals surface area contributed by atoms with Crippen molar-refractivity contribution in [1.82, 2.24) is 10.2 Å². The standard InChI is InChI=1S/C14H19F3N2/c15-14(16,17)6-8-19-9-7-18-11-13(19)10-12-4-2-1-3-5-12/h1-5,13,18H,6-11H2. The number of piperazine rings is 1. The summed E-state index contributed by atoms with van der Waals surface area (Å²) in [5, 5.41) is 3.26. The highest BCUT2D eigenvalue weighted by atomic mass is 19.4. The maximum Gasteiger partial charge on any atom is 0.390 e. The highest BCUT2D eigenvalue weighted by Crippen LogP contribution is 2.21. The van der Waals surface area contributed by atoms with Crippen LogP contribution in [0.1, 0.15) is 12.0 Å². The summed E-state index contributed by atoms with van der Waals surface area (Å²) < 4.78 is 37.0. The molecule has 1 aliphatic rings. The predicted octanol–water partition coefficient (Wildman–Crippen LogP) is 2.46. The van der Waals surface area contributed by atoms with Gasteiger partial charge in [-0.2, -0.15) is 13.2 Å². The highest BCUT2D eigenvalue weighted by Gasteiger charge is 2.30. The van der Waals surface area contributed by atoms with E-state index in [4.69, 9.17) is 0 Å². The Bertz CT molecular complexity index is 378. The van der Waals surface area contributed by atoms with Gasteiger partial charge in [0, 0.05) is 32.2 Å². The summed E-state index contributed by atoms with van der Waals surface area (Å²) >= 11 is 0. The lowest BCUT2D eigenvalue weighted by atomic mass is 10.0. The van der Waals surface area contributed by atoms with E-state index in [1.54, 1.807) is 0 Å². The van der Waals surface area contributed by atoms with Crippen LogP contribution >= 0.6 is 0 Å².